The third kappa shape index (κ3) is 2.13. The Labute approximate surface area is 54.1 Å². The van der Waals surface area contributed by atoms with Gasteiger partial charge >= 0.3 is 0 Å². The van der Waals surface area contributed by atoms with Crippen LogP contribution >= 0.6 is 0 Å². The molecule has 3 heteroatoms. The van der Waals surface area contributed by atoms with Crippen LogP contribution < -0.4 is 5.90 Å². The van der Waals surface area contributed by atoms with Crippen molar-refractivity contribution in [2.24, 2.45) is 5.90 Å². The first kappa shape index (κ1) is 6.74. The lowest BCUT2D eigenvalue weighted by Gasteiger charge is -1.87. The number of nitrogens with two attached hydrogens (primary N) is 1. The van der Waals surface area contributed by atoms with Gasteiger partial charge in [0.25, 0.3) is 0 Å². The van der Waals surface area contributed by atoms with Crippen LogP contribution in [0.1, 0.15) is 12.8 Å². The molecule has 1 fully saturated rings. The number of hydrogen-bond donors (Lipinski definition) is 2. The highest BCUT2D eigenvalue weighted by Crippen LogP contribution is 2.28. The van der Waals surface area contributed by atoms with Crippen molar-refractivity contribution in [1.82, 2.24) is 0 Å². The summed E-state index contributed by atoms with van der Waals surface area (Å²) in [5.74, 6) is 4.78. The van der Waals surface area contributed by atoms with E-state index < -0.39 is 0 Å². The van der Waals surface area contributed by atoms with E-state index in [1.807, 2.05) is 6.08 Å². The summed E-state index contributed by atoms with van der Waals surface area (Å²) < 4.78 is 0. The van der Waals surface area contributed by atoms with Gasteiger partial charge in [-0.3, -0.25) is 0 Å². The number of rotatable bonds is 3. The van der Waals surface area contributed by atoms with Gasteiger partial charge in [-0.2, -0.15) is 0 Å². The Balaban J connectivity index is 2.04. The van der Waals surface area contributed by atoms with Gasteiger partial charge in [-0.15, -0.1) is 0 Å². The second-order valence-corrected chi connectivity index (χ2v) is 2.16. The van der Waals surface area contributed by atoms with Gasteiger partial charge in [-0.1, -0.05) is 6.08 Å². The van der Waals surface area contributed by atoms with Crippen LogP contribution in [0.3, 0.4) is 0 Å². The average molecular weight is 129 g/mol. The monoisotopic (exact) mass is 129 g/mol. The Morgan fingerprint density at radius 3 is 3.00 bits per heavy atom. The van der Waals surface area contributed by atoms with Crippen molar-refractivity contribution in [3.05, 3.63) is 11.6 Å². The van der Waals surface area contributed by atoms with Crippen molar-refractivity contribution in [2.75, 3.05) is 6.61 Å². The molecule has 0 aromatic carbocycles. The maximum absolute atomic E-state index is 8.79. The van der Waals surface area contributed by atoms with Crippen LogP contribution in [0.25, 0.3) is 0 Å². The summed E-state index contributed by atoms with van der Waals surface area (Å²) in [6.07, 6.45) is 3.45. The van der Waals surface area contributed by atoms with E-state index >= 15 is 0 Å². The fourth-order valence-electron chi connectivity index (χ4n) is 0.696. The molecule has 0 radical (unpaired) electrons. The minimum Gasteiger partial charge on any atom is -0.388 e. The minimum absolute atomic E-state index is 0.164. The molecule has 0 bridgehead atoms. The first-order chi connectivity index (χ1) is 4.34. The minimum atomic E-state index is -0.164. The molecule has 1 rings (SSSR count). The Morgan fingerprint density at radius 1 is 1.89 bits per heavy atom. The number of aliphatic hydroxyl groups is 1. The SMILES string of the molecule is NOCCC=C1CC1O. The molecule has 9 heavy (non-hydrogen) atoms. The fourth-order valence-corrected chi connectivity index (χ4v) is 0.696. The van der Waals surface area contributed by atoms with Gasteiger partial charge in [0.15, 0.2) is 0 Å². The second-order valence-electron chi connectivity index (χ2n) is 2.16. The van der Waals surface area contributed by atoms with Gasteiger partial charge in [0.2, 0.25) is 0 Å². The molecule has 0 saturated heterocycles. The summed E-state index contributed by atoms with van der Waals surface area (Å²) in [5, 5.41) is 8.79. The molecule has 1 unspecified atom stereocenters. The van der Waals surface area contributed by atoms with E-state index in [2.05, 4.69) is 4.84 Å². The van der Waals surface area contributed by atoms with Gasteiger partial charge in [0, 0.05) is 6.42 Å². The third-order valence-corrected chi connectivity index (χ3v) is 1.34. The lowest BCUT2D eigenvalue weighted by atomic mass is 10.4. The molecule has 1 aliphatic rings. The maximum Gasteiger partial charge on any atom is 0.0789 e. The lowest BCUT2D eigenvalue weighted by Crippen LogP contribution is -1.98. The molecule has 1 atom stereocenters. The average Bonchev–Trinajstić information content (AvgIpc) is 2.48. The molecule has 3 nitrogen and oxygen atoms in total. The second kappa shape index (κ2) is 2.96. The number of hydrogen-bond acceptors (Lipinski definition) is 3. The van der Waals surface area contributed by atoms with Crippen LogP contribution in [-0.4, -0.2) is 17.8 Å². The van der Waals surface area contributed by atoms with Gasteiger partial charge in [0.1, 0.15) is 0 Å². The largest absolute Gasteiger partial charge is 0.388 e. The summed E-state index contributed by atoms with van der Waals surface area (Å²) >= 11 is 0. The normalized spacial score (nSPS) is 29.1. The molecule has 52 valence electrons. The van der Waals surface area contributed by atoms with Gasteiger partial charge in [-0.25, -0.2) is 5.90 Å². The van der Waals surface area contributed by atoms with Gasteiger partial charge in [0.05, 0.1) is 12.7 Å². The first-order valence-corrected chi connectivity index (χ1v) is 3.03. The van der Waals surface area contributed by atoms with E-state index in [1.54, 1.807) is 0 Å². The molecule has 0 spiro atoms. The zero-order valence-electron chi connectivity index (χ0n) is 5.21. The molecule has 1 aliphatic carbocycles. The van der Waals surface area contributed by atoms with Crippen LogP contribution in [-0.2, 0) is 4.84 Å². The van der Waals surface area contributed by atoms with Crippen LogP contribution in [0.4, 0.5) is 0 Å². The lowest BCUT2D eigenvalue weighted by molar-refractivity contribution is 0.143. The van der Waals surface area contributed by atoms with Crippen molar-refractivity contribution in [3.8, 4) is 0 Å². The van der Waals surface area contributed by atoms with Crippen LogP contribution in [0, 0.1) is 0 Å². The first-order valence-electron chi connectivity index (χ1n) is 3.03. The van der Waals surface area contributed by atoms with E-state index in [4.69, 9.17) is 11.0 Å². The van der Waals surface area contributed by atoms with Crippen molar-refractivity contribution >= 4 is 0 Å². The highest BCUT2D eigenvalue weighted by molar-refractivity contribution is 5.24. The van der Waals surface area contributed by atoms with E-state index in [-0.39, 0.29) is 6.10 Å². The molecule has 0 aromatic heterocycles. The van der Waals surface area contributed by atoms with Crippen molar-refractivity contribution < 1.29 is 9.94 Å². The van der Waals surface area contributed by atoms with Crippen molar-refractivity contribution in [2.45, 2.75) is 18.9 Å². The predicted molar refractivity (Wildman–Crippen MR) is 33.5 cm³/mol. The van der Waals surface area contributed by atoms with Crippen LogP contribution in [0.2, 0.25) is 0 Å². The smallest absolute Gasteiger partial charge is 0.0789 e. The van der Waals surface area contributed by atoms with E-state index in [0.717, 1.165) is 18.4 Å². The topological polar surface area (TPSA) is 55.5 Å². The highest BCUT2D eigenvalue weighted by atomic mass is 16.6. The van der Waals surface area contributed by atoms with Gasteiger partial charge in [-0.05, 0) is 12.0 Å². The standard InChI is InChI=1S/C6H11NO2/c7-9-3-1-2-5-4-6(5)8/h2,6,8H,1,3-4,7H2. The Kier molecular flexibility index (Phi) is 2.22. The Hall–Kier alpha value is -0.380. The Bertz CT molecular complexity index is 122. The molecular weight excluding hydrogens is 118 g/mol. The molecule has 0 aromatic rings. The molecule has 3 N–H and O–H groups in total. The van der Waals surface area contributed by atoms with Crippen LogP contribution in [0.5, 0.6) is 0 Å². The number of aliphatic hydroxyl groups excluding tert-OH is 1. The maximum atomic E-state index is 8.79. The van der Waals surface area contributed by atoms with E-state index in [9.17, 15) is 0 Å². The molecule has 0 amide bonds. The quantitative estimate of drug-likeness (QED) is 0.319. The molecule has 0 aliphatic heterocycles. The predicted octanol–water partition coefficient (Wildman–Crippen LogP) is -0.0422. The summed E-state index contributed by atoms with van der Waals surface area (Å²) in [6.45, 7) is 0.538. The zero-order valence-corrected chi connectivity index (χ0v) is 5.21. The summed E-state index contributed by atoms with van der Waals surface area (Å²) in [4.78, 5) is 4.33. The van der Waals surface area contributed by atoms with E-state index in [1.165, 1.54) is 0 Å². The zero-order chi connectivity index (χ0) is 6.69. The summed E-state index contributed by atoms with van der Waals surface area (Å²) in [5.41, 5.74) is 1.12. The van der Waals surface area contributed by atoms with Crippen molar-refractivity contribution in [3.63, 3.8) is 0 Å². The fraction of sp³-hybridized carbons (Fsp3) is 0.667. The molecule has 1 saturated carbocycles. The molecule has 0 heterocycles. The Morgan fingerprint density at radius 2 is 2.56 bits per heavy atom. The van der Waals surface area contributed by atoms with Crippen LogP contribution in [0.15, 0.2) is 11.6 Å². The summed E-state index contributed by atoms with van der Waals surface area (Å²) in [6, 6.07) is 0. The van der Waals surface area contributed by atoms with Crippen molar-refractivity contribution in [1.29, 1.82) is 0 Å². The van der Waals surface area contributed by atoms with E-state index in [0.29, 0.717) is 6.61 Å². The summed E-state index contributed by atoms with van der Waals surface area (Å²) in [7, 11) is 0. The third-order valence-electron chi connectivity index (χ3n) is 1.34. The van der Waals surface area contributed by atoms with Gasteiger partial charge < -0.3 is 9.94 Å². The highest BCUT2D eigenvalue weighted by Gasteiger charge is 2.25. The molecular formula is C6H11NO2.